The quantitative estimate of drug-likeness (QED) is 0.548. The topological polar surface area (TPSA) is 75.4 Å². The van der Waals surface area contributed by atoms with Gasteiger partial charge in [0.25, 0.3) is 0 Å². The van der Waals surface area contributed by atoms with E-state index in [4.69, 9.17) is 4.42 Å². The Morgan fingerprint density at radius 1 is 1.04 bits per heavy atom. The normalized spacial score (nSPS) is 11.5. The van der Waals surface area contributed by atoms with E-state index in [1.54, 1.807) is 40.9 Å². The molecular weight excluding hydrogens is 311 g/mol. The van der Waals surface area contributed by atoms with Gasteiger partial charge in [0.2, 0.25) is 0 Å². The number of pyridine rings is 1. The van der Waals surface area contributed by atoms with E-state index in [-0.39, 0.29) is 11.4 Å². The summed E-state index contributed by atoms with van der Waals surface area (Å²) in [6, 6.07) is 12.7. The number of aromatic hydroxyl groups is 1. The first kappa shape index (κ1) is 14.1. The third-order valence-electron chi connectivity index (χ3n) is 3.46. The molecule has 6 nitrogen and oxygen atoms in total. The van der Waals surface area contributed by atoms with E-state index in [9.17, 15) is 9.50 Å². The van der Waals surface area contributed by atoms with Gasteiger partial charge in [-0.3, -0.25) is 4.40 Å². The van der Waals surface area contributed by atoms with Crippen LogP contribution in [0.5, 0.6) is 5.75 Å². The molecule has 0 radical (unpaired) electrons. The fraction of sp³-hybridized carbons (Fsp3) is 0. The summed E-state index contributed by atoms with van der Waals surface area (Å²) in [7, 11) is 0. The van der Waals surface area contributed by atoms with Crippen molar-refractivity contribution in [2.75, 3.05) is 0 Å². The van der Waals surface area contributed by atoms with Gasteiger partial charge in [0.15, 0.2) is 34.5 Å². The van der Waals surface area contributed by atoms with Crippen LogP contribution in [0.4, 0.5) is 15.9 Å². The Morgan fingerprint density at radius 2 is 1.92 bits per heavy atom. The molecule has 0 saturated heterocycles. The van der Waals surface area contributed by atoms with Crippen molar-refractivity contribution in [2.45, 2.75) is 0 Å². The van der Waals surface area contributed by atoms with Crippen molar-refractivity contribution in [3.8, 4) is 17.2 Å². The van der Waals surface area contributed by atoms with Gasteiger partial charge in [-0.1, -0.05) is 12.1 Å². The van der Waals surface area contributed by atoms with Gasteiger partial charge in [-0.15, -0.1) is 10.2 Å². The lowest BCUT2D eigenvalue weighted by Crippen LogP contribution is -1.82. The first-order valence-electron chi connectivity index (χ1n) is 7.14. The average Bonchev–Trinajstić information content (AvgIpc) is 3.22. The lowest BCUT2D eigenvalue weighted by Gasteiger charge is -1.98. The number of rotatable bonds is 3. The number of hydrogen-bond donors (Lipinski definition) is 1. The molecule has 0 bridgehead atoms. The summed E-state index contributed by atoms with van der Waals surface area (Å²) in [6.45, 7) is 0. The molecule has 3 aromatic heterocycles. The first-order valence-corrected chi connectivity index (χ1v) is 7.14. The van der Waals surface area contributed by atoms with Crippen LogP contribution in [0.3, 0.4) is 0 Å². The summed E-state index contributed by atoms with van der Waals surface area (Å²) in [6.07, 6.45) is 3.20. The molecule has 118 valence electrons. The molecule has 0 aliphatic carbocycles. The Morgan fingerprint density at radius 3 is 2.71 bits per heavy atom. The second-order valence-corrected chi connectivity index (χ2v) is 5.00. The number of fused-ring (bicyclic) bond motifs is 1. The summed E-state index contributed by atoms with van der Waals surface area (Å²) >= 11 is 0. The van der Waals surface area contributed by atoms with Crippen LogP contribution in [-0.4, -0.2) is 14.5 Å². The molecule has 7 heteroatoms. The highest BCUT2D eigenvalue weighted by Crippen LogP contribution is 2.35. The van der Waals surface area contributed by atoms with E-state index in [0.29, 0.717) is 22.9 Å². The van der Waals surface area contributed by atoms with E-state index in [1.807, 2.05) is 0 Å². The predicted molar refractivity (Wildman–Crippen MR) is 85.1 cm³/mol. The smallest absolute Gasteiger partial charge is 0.190 e. The third-order valence-corrected chi connectivity index (χ3v) is 3.46. The second-order valence-electron chi connectivity index (χ2n) is 5.00. The van der Waals surface area contributed by atoms with Crippen molar-refractivity contribution in [2.24, 2.45) is 10.2 Å². The number of nitrogens with zero attached hydrogens (tertiary/aromatic N) is 4. The zero-order valence-electron chi connectivity index (χ0n) is 12.3. The Balaban J connectivity index is 1.92. The SMILES string of the molecule is Oc1cccn2c(N=Nc3ccccc3F)c(-c3ccco3)nc12. The van der Waals surface area contributed by atoms with Crippen molar-refractivity contribution in [3.63, 3.8) is 0 Å². The fourth-order valence-electron chi connectivity index (χ4n) is 2.35. The predicted octanol–water partition coefficient (Wildman–Crippen LogP) is 4.85. The highest BCUT2D eigenvalue weighted by Gasteiger charge is 2.18. The van der Waals surface area contributed by atoms with Crippen LogP contribution >= 0.6 is 0 Å². The number of benzene rings is 1. The van der Waals surface area contributed by atoms with Crippen molar-refractivity contribution < 1.29 is 13.9 Å². The van der Waals surface area contributed by atoms with Gasteiger partial charge >= 0.3 is 0 Å². The van der Waals surface area contributed by atoms with E-state index in [2.05, 4.69) is 15.2 Å². The van der Waals surface area contributed by atoms with Crippen molar-refractivity contribution in [3.05, 3.63) is 66.8 Å². The Labute approximate surface area is 135 Å². The van der Waals surface area contributed by atoms with E-state index in [1.165, 1.54) is 24.5 Å². The summed E-state index contributed by atoms with van der Waals surface area (Å²) in [5.41, 5.74) is 0.825. The Kier molecular flexibility index (Phi) is 3.31. The summed E-state index contributed by atoms with van der Waals surface area (Å²) in [4.78, 5) is 4.36. The number of furan rings is 1. The number of halogens is 1. The second kappa shape index (κ2) is 5.62. The average molecular weight is 322 g/mol. The van der Waals surface area contributed by atoms with Crippen LogP contribution in [-0.2, 0) is 0 Å². The Bertz CT molecular complexity index is 1040. The van der Waals surface area contributed by atoms with Gasteiger partial charge in [0.1, 0.15) is 5.69 Å². The summed E-state index contributed by atoms with van der Waals surface area (Å²) < 4.78 is 20.7. The molecule has 0 atom stereocenters. The minimum absolute atomic E-state index is 0.00218. The first-order chi connectivity index (χ1) is 11.7. The molecule has 4 rings (SSSR count). The van der Waals surface area contributed by atoms with Crippen molar-refractivity contribution in [1.29, 1.82) is 0 Å². The molecule has 0 unspecified atom stereocenters. The maximum absolute atomic E-state index is 13.7. The van der Waals surface area contributed by atoms with E-state index in [0.717, 1.165) is 0 Å². The molecule has 24 heavy (non-hydrogen) atoms. The molecule has 0 aliphatic heterocycles. The largest absolute Gasteiger partial charge is 0.504 e. The zero-order chi connectivity index (χ0) is 16.5. The number of aromatic nitrogens is 2. The highest BCUT2D eigenvalue weighted by atomic mass is 19.1. The van der Waals surface area contributed by atoms with Gasteiger partial charge < -0.3 is 9.52 Å². The van der Waals surface area contributed by atoms with Crippen molar-refractivity contribution >= 4 is 17.2 Å². The summed E-state index contributed by atoms with van der Waals surface area (Å²) in [5.74, 6) is 0.329. The van der Waals surface area contributed by atoms with Crippen LogP contribution < -0.4 is 0 Å². The highest BCUT2D eigenvalue weighted by molar-refractivity contribution is 5.73. The van der Waals surface area contributed by atoms with Crippen molar-refractivity contribution in [1.82, 2.24) is 9.38 Å². The van der Waals surface area contributed by atoms with Gasteiger partial charge in [-0.25, -0.2) is 9.37 Å². The van der Waals surface area contributed by atoms with Gasteiger partial charge in [-0.05, 0) is 36.4 Å². The van der Waals surface area contributed by atoms with Crippen LogP contribution in [0.25, 0.3) is 17.1 Å². The Hall–Kier alpha value is -3.48. The fourth-order valence-corrected chi connectivity index (χ4v) is 2.35. The van der Waals surface area contributed by atoms with Gasteiger partial charge in [0, 0.05) is 6.20 Å². The number of azo groups is 1. The minimum atomic E-state index is -0.475. The van der Waals surface area contributed by atoms with Crippen LogP contribution in [0.2, 0.25) is 0 Å². The number of hydrogen-bond acceptors (Lipinski definition) is 5. The van der Waals surface area contributed by atoms with E-state index >= 15 is 0 Å². The molecule has 4 aromatic rings. The molecule has 0 aliphatic rings. The van der Waals surface area contributed by atoms with Gasteiger partial charge in [-0.2, -0.15) is 0 Å². The molecule has 1 N–H and O–H groups in total. The van der Waals surface area contributed by atoms with Crippen LogP contribution in [0, 0.1) is 5.82 Å². The zero-order valence-corrected chi connectivity index (χ0v) is 12.3. The molecule has 3 heterocycles. The van der Waals surface area contributed by atoms with E-state index < -0.39 is 5.82 Å². The third kappa shape index (κ3) is 2.32. The molecular formula is C17H11FN4O2. The molecule has 1 aromatic carbocycles. The monoisotopic (exact) mass is 322 g/mol. The van der Waals surface area contributed by atoms with Crippen LogP contribution in [0.1, 0.15) is 0 Å². The molecule has 0 fully saturated rings. The minimum Gasteiger partial charge on any atom is -0.504 e. The summed E-state index contributed by atoms with van der Waals surface area (Å²) in [5, 5.41) is 18.1. The standard InChI is InChI=1S/C17H11FN4O2/c18-11-5-1-2-6-12(11)20-21-17-15(14-8-4-10-24-14)19-16-13(23)7-3-9-22(16)17/h1-10,23H. The lowest BCUT2D eigenvalue weighted by molar-refractivity contribution is 0.477. The van der Waals surface area contributed by atoms with Gasteiger partial charge in [0.05, 0.1) is 6.26 Å². The maximum Gasteiger partial charge on any atom is 0.190 e. The molecule has 0 saturated carbocycles. The molecule has 0 amide bonds. The number of imidazole rings is 1. The molecule has 0 spiro atoms. The van der Waals surface area contributed by atoms with Crippen LogP contribution in [0.15, 0.2) is 75.6 Å². The maximum atomic E-state index is 13.7. The lowest BCUT2D eigenvalue weighted by atomic mass is 10.3.